The maximum atomic E-state index is 12.7. The van der Waals surface area contributed by atoms with E-state index in [1.54, 1.807) is 17.0 Å². The van der Waals surface area contributed by atoms with E-state index in [0.717, 1.165) is 5.75 Å². The second-order valence-electron chi connectivity index (χ2n) is 6.76. The first-order chi connectivity index (χ1) is 12.5. The molecule has 2 aromatic carbocycles. The number of halogens is 1. The molecule has 0 N–H and O–H groups in total. The lowest BCUT2D eigenvalue weighted by Gasteiger charge is -2.33. The number of nitrogens with zero attached hydrogens (tertiary/aromatic N) is 1. The van der Waals surface area contributed by atoms with Crippen molar-refractivity contribution in [1.29, 1.82) is 0 Å². The molecule has 5 heteroatoms. The zero-order chi connectivity index (χ0) is 18.5. The van der Waals surface area contributed by atoms with Crippen LogP contribution in [0.3, 0.4) is 0 Å². The van der Waals surface area contributed by atoms with Crippen molar-refractivity contribution in [3.05, 3.63) is 64.7 Å². The Balaban J connectivity index is 1.57. The molecular formula is C21H24ClNO3. The van der Waals surface area contributed by atoms with Gasteiger partial charge in [0, 0.05) is 6.54 Å². The summed E-state index contributed by atoms with van der Waals surface area (Å²) in [5.74, 6) is 1.24. The quantitative estimate of drug-likeness (QED) is 0.780. The molecule has 2 aromatic rings. The fraction of sp³-hybridized carbons (Fsp3) is 0.381. The number of amides is 1. The number of ether oxygens (including phenoxy) is 2. The topological polar surface area (TPSA) is 38.8 Å². The maximum Gasteiger partial charge on any atom is 0.255 e. The van der Waals surface area contributed by atoms with Gasteiger partial charge in [0.2, 0.25) is 0 Å². The van der Waals surface area contributed by atoms with Crippen LogP contribution >= 0.6 is 11.6 Å². The third kappa shape index (κ3) is 4.57. The summed E-state index contributed by atoms with van der Waals surface area (Å²) in [5, 5.41) is 0.474. The average Bonchev–Trinajstić information content (AvgIpc) is 2.67. The van der Waals surface area contributed by atoms with Crippen LogP contribution in [0.5, 0.6) is 5.75 Å². The van der Waals surface area contributed by atoms with Gasteiger partial charge >= 0.3 is 0 Å². The number of rotatable bonds is 5. The van der Waals surface area contributed by atoms with E-state index in [1.165, 1.54) is 5.56 Å². The van der Waals surface area contributed by atoms with Crippen LogP contribution in [0.2, 0.25) is 5.02 Å². The number of benzene rings is 2. The Bertz CT molecular complexity index is 745. The van der Waals surface area contributed by atoms with Gasteiger partial charge in [-0.25, -0.2) is 0 Å². The molecule has 1 amide bonds. The Morgan fingerprint density at radius 3 is 2.65 bits per heavy atom. The molecule has 0 saturated carbocycles. The molecule has 1 aliphatic heterocycles. The van der Waals surface area contributed by atoms with Gasteiger partial charge in [-0.1, -0.05) is 49.7 Å². The van der Waals surface area contributed by atoms with Crippen LogP contribution in [-0.2, 0) is 4.74 Å². The van der Waals surface area contributed by atoms with Crippen LogP contribution in [0, 0.1) is 0 Å². The van der Waals surface area contributed by atoms with Crippen LogP contribution in [0.4, 0.5) is 0 Å². The van der Waals surface area contributed by atoms with Crippen molar-refractivity contribution < 1.29 is 14.3 Å². The van der Waals surface area contributed by atoms with E-state index in [4.69, 9.17) is 21.1 Å². The Kier molecular flexibility index (Phi) is 6.17. The second kappa shape index (κ2) is 8.56. The molecule has 26 heavy (non-hydrogen) atoms. The molecule has 1 aliphatic rings. The molecule has 0 unspecified atom stereocenters. The van der Waals surface area contributed by atoms with Crippen molar-refractivity contribution in [2.24, 2.45) is 0 Å². The second-order valence-corrected chi connectivity index (χ2v) is 7.17. The Labute approximate surface area is 159 Å². The first-order valence-corrected chi connectivity index (χ1v) is 9.30. The van der Waals surface area contributed by atoms with E-state index in [9.17, 15) is 4.79 Å². The lowest BCUT2D eigenvalue weighted by Crippen LogP contribution is -2.47. The Morgan fingerprint density at radius 1 is 1.23 bits per heavy atom. The van der Waals surface area contributed by atoms with E-state index < -0.39 is 0 Å². The third-order valence-electron chi connectivity index (χ3n) is 4.51. The molecule has 0 radical (unpaired) electrons. The third-order valence-corrected chi connectivity index (χ3v) is 4.84. The van der Waals surface area contributed by atoms with E-state index in [0.29, 0.717) is 42.8 Å². The van der Waals surface area contributed by atoms with E-state index in [-0.39, 0.29) is 12.0 Å². The molecule has 0 spiro atoms. The monoisotopic (exact) mass is 373 g/mol. The van der Waals surface area contributed by atoms with Crippen molar-refractivity contribution in [3.63, 3.8) is 0 Å². The molecular weight excluding hydrogens is 350 g/mol. The molecule has 4 nitrogen and oxygen atoms in total. The van der Waals surface area contributed by atoms with Crippen molar-refractivity contribution in [2.45, 2.75) is 25.9 Å². The number of morpholine rings is 1. The van der Waals surface area contributed by atoms with Gasteiger partial charge in [-0.15, -0.1) is 0 Å². The number of carbonyl (C=O) groups excluding carboxylic acids is 1. The predicted molar refractivity (Wildman–Crippen MR) is 103 cm³/mol. The first kappa shape index (κ1) is 18.7. The number of hydrogen-bond acceptors (Lipinski definition) is 3. The number of carbonyl (C=O) groups is 1. The Morgan fingerprint density at radius 2 is 1.96 bits per heavy atom. The molecule has 3 rings (SSSR count). The van der Waals surface area contributed by atoms with E-state index in [1.807, 2.05) is 24.3 Å². The summed E-state index contributed by atoms with van der Waals surface area (Å²) in [6.45, 7) is 6.29. The summed E-state index contributed by atoms with van der Waals surface area (Å²) < 4.78 is 11.6. The van der Waals surface area contributed by atoms with Crippen LogP contribution < -0.4 is 4.74 Å². The predicted octanol–water partition coefficient (Wildman–Crippen LogP) is 4.38. The van der Waals surface area contributed by atoms with Crippen molar-refractivity contribution in [3.8, 4) is 5.75 Å². The van der Waals surface area contributed by atoms with E-state index in [2.05, 4.69) is 26.0 Å². The van der Waals surface area contributed by atoms with Gasteiger partial charge in [0.15, 0.2) is 0 Å². The lowest BCUT2D eigenvalue weighted by atomic mass is 10.0. The zero-order valence-electron chi connectivity index (χ0n) is 15.2. The highest BCUT2D eigenvalue weighted by molar-refractivity contribution is 6.33. The van der Waals surface area contributed by atoms with Crippen LogP contribution in [-0.4, -0.2) is 43.2 Å². The molecule has 1 saturated heterocycles. The minimum absolute atomic E-state index is 0.0646. The van der Waals surface area contributed by atoms with Gasteiger partial charge in [0.25, 0.3) is 5.91 Å². The summed E-state index contributed by atoms with van der Waals surface area (Å²) in [6, 6.07) is 15.2. The summed E-state index contributed by atoms with van der Waals surface area (Å²) >= 11 is 6.15. The van der Waals surface area contributed by atoms with Gasteiger partial charge in [-0.2, -0.15) is 0 Å². The van der Waals surface area contributed by atoms with Crippen molar-refractivity contribution in [2.75, 3.05) is 26.3 Å². The summed E-state index contributed by atoms with van der Waals surface area (Å²) in [4.78, 5) is 14.5. The molecule has 0 bridgehead atoms. The fourth-order valence-corrected chi connectivity index (χ4v) is 3.16. The fourth-order valence-electron chi connectivity index (χ4n) is 2.95. The highest BCUT2D eigenvalue weighted by Crippen LogP contribution is 2.21. The summed E-state index contributed by atoms with van der Waals surface area (Å²) in [5.41, 5.74) is 1.81. The lowest BCUT2D eigenvalue weighted by molar-refractivity contribution is -0.0401. The van der Waals surface area contributed by atoms with Gasteiger partial charge in [0.1, 0.15) is 18.5 Å². The molecule has 138 valence electrons. The van der Waals surface area contributed by atoms with Crippen molar-refractivity contribution >= 4 is 17.5 Å². The molecule has 0 aliphatic carbocycles. The minimum Gasteiger partial charge on any atom is -0.491 e. The first-order valence-electron chi connectivity index (χ1n) is 8.92. The van der Waals surface area contributed by atoms with Gasteiger partial charge < -0.3 is 14.4 Å². The molecule has 1 fully saturated rings. The minimum atomic E-state index is -0.153. The van der Waals surface area contributed by atoms with Crippen molar-refractivity contribution in [1.82, 2.24) is 4.90 Å². The molecule has 1 heterocycles. The summed E-state index contributed by atoms with van der Waals surface area (Å²) in [6.07, 6.45) is -0.153. The Hall–Kier alpha value is -2.04. The largest absolute Gasteiger partial charge is 0.491 e. The van der Waals surface area contributed by atoms with Crippen LogP contribution in [0.25, 0.3) is 0 Å². The highest BCUT2D eigenvalue weighted by atomic mass is 35.5. The summed E-state index contributed by atoms with van der Waals surface area (Å²) in [7, 11) is 0. The standard InChI is InChI=1S/C21H24ClNO3/c1-15(2)16-7-9-17(10-8-16)26-14-18-13-23(11-12-25-18)21(24)19-5-3-4-6-20(19)22/h3-10,15,18H,11-14H2,1-2H3/t18-/m0/s1. The average molecular weight is 374 g/mol. The smallest absolute Gasteiger partial charge is 0.255 e. The molecule has 1 atom stereocenters. The van der Waals surface area contributed by atoms with Crippen LogP contribution in [0.15, 0.2) is 48.5 Å². The van der Waals surface area contributed by atoms with Gasteiger partial charge in [-0.3, -0.25) is 4.79 Å². The zero-order valence-corrected chi connectivity index (χ0v) is 15.9. The van der Waals surface area contributed by atoms with Gasteiger partial charge in [-0.05, 0) is 35.7 Å². The van der Waals surface area contributed by atoms with E-state index >= 15 is 0 Å². The maximum absolute atomic E-state index is 12.7. The molecule has 0 aromatic heterocycles. The highest BCUT2D eigenvalue weighted by Gasteiger charge is 2.26. The normalized spacial score (nSPS) is 17.4. The number of hydrogen-bond donors (Lipinski definition) is 0. The van der Waals surface area contributed by atoms with Gasteiger partial charge in [0.05, 0.1) is 23.7 Å². The van der Waals surface area contributed by atoms with Crippen LogP contribution in [0.1, 0.15) is 35.7 Å². The SMILES string of the molecule is CC(C)c1ccc(OC[C@@H]2CN(C(=O)c3ccccc3Cl)CCO2)cc1.